The fourth-order valence-electron chi connectivity index (χ4n) is 4.74. The van der Waals surface area contributed by atoms with Crippen LogP contribution in [0, 0.1) is 13.8 Å². The fourth-order valence-corrected chi connectivity index (χ4v) is 4.74. The Morgan fingerprint density at radius 3 is 2.46 bits per heavy atom. The first-order valence-corrected chi connectivity index (χ1v) is 12.3. The summed E-state index contributed by atoms with van der Waals surface area (Å²) in [5, 5.41) is 0.677. The van der Waals surface area contributed by atoms with Crippen LogP contribution in [0.25, 0.3) is 27.6 Å². The van der Waals surface area contributed by atoms with Crippen LogP contribution in [-0.4, -0.2) is 27.4 Å². The largest absolute Gasteiger partial charge is 0.455 e. The lowest BCUT2D eigenvalue weighted by molar-refractivity contribution is 0.467. The third kappa shape index (κ3) is 4.39. The molecule has 0 spiro atoms. The van der Waals surface area contributed by atoms with Gasteiger partial charge < -0.3 is 24.6 Å². The molecule has 5 rings (SSSR count). The number of pyridine rings is 2. The van der Waals surface area contributed by atoms with Gasteiger partial charge in [0.05, 0.1) is 6.20 Å². The van der Waals surface area contributed by atoms with Crippen molar-refractivity contribution in [1.29, 1.82) is 0 Å². The molecule has 1 aliphatic rings. The second-order valence-corrected chi connectivity index (χ2v) is 9.77. The zero-order chi connectivity index (χ0) is 26.4. The van der Waals surface area contributed by atoms with E-state index in [1.807, 2.05) is 44.3 Å². The van der Waals surface area contributed by atoms with Gasteiger partial charge in [0.25, 0.3) is 11.1 Å². The number of aliphatic imine (C=N–C) groups is 1. The molecule has 1 saturated carbocycles. The topological polar surface area (TPSA) is 107 Å². The third-order valence-electron chi connectivity index (χ3n) is 6.83. The molecule has 3 aromatic heterocycles. The second-order valence-electron chi connectivity index (χ2n) is 9.77. The number of aromatic nitrogens is 3. The summed E-state index contributed by atoms with van der Waals surface area (Å²) in [7, 11) is 3.36. The number of para-hydroxylation sites is 1. The van der Waals surface area contributed by atoms with Gasteiger partial charge in [0.2, 0.25) is 0 Å². The van der Waals surface area contributed by atoms with E-state index in [-0.39, 0.29) is 17.2 Å². The maximum absolute atomic E-state index is 13.2. The van der Waals surface area contributed by atoms with Gasteiger partial charge in [-0.25, -0.2) is 0 Å². The Morgan fingerprint density at radius 2 is 1.84 bits per heavy atom. The molecule has 1 aliphatic carbocycles. The molecule has 0 saturated heterocycles. The van der Waals surface area contributed by atoms with E-state index >= 15 is 0 Å². The van der Waals surface area contributed by atoms with Crippen LogP contribution in [0.2, 0.25) is 0 Å². The molecule has 0 unspecified atom stereocenters. The molecule has 0 radical (unpaired) electrons. The smallest absolute Gasteiger partial charge is 0.274 e. The Hall–Kier alpha value is -4.33. The number of ether oxygens (including phenoxy) is 1. The van der Waals surface area contributed by atoms with E-state index in [2.05, 4.69) is 9.98 Å². The summed E-state index contributed by atoms with van der Waals surface area (Å²) >= 11 is 0. The highest BCUT2D eigenvalue weighted by Gasteiger charge is 2.27. The van der Waals surface area contributed by atoms with Gasteiger partial charge in [-0.2, -0.15) is 0 Å². The van der Waals surface area contributed by atoms with Gasteiger partial charge in [0, 0.05) is 72.1 Å². The number of H-pyrrole nitrogens is 1. The minimum atomic E-state index is -0.184. The molecule has 0 atom stereocenters. The van der Waals surface area contributed by atoms with Crippen LogP contribution >= 0.6 is 0 Å². The SMILES string of the molecule is CN=CC(=C(C)N)c1cc2c(-c3cc(=O)n(C4CC4)cc3Oc3c(C)cccc3C)cn(C)c(=O)c2[nH]1. The van der Waals surface area contributed by atoms with Gasteiger partial charge in [0.1, 0.15) is 11.3 Å². The summed E-state index contributed by atoms with van der Waals surface area (Å²) in [5.41, 5.74) is 11.5. The van der Waals surface area contributed by atoms with Gasteiger partial charge in [0.15, 0.2) is 5.75 Å². The standard InChI is InChI=1S/C29H31N5O3/c1-16-7-6-8-17(2)28(16)37-25-15-34(19-9-10-19)26(35)12-20(25)23-14-33(5)29(36)27-21(23)11-24(32-27)22(13-31-4)18(3)30/h6-8,11-15,19,32H,9-10,30H2,1-5H3. The summed E-state index contributed by atoms with van der Waals surface area (Å²) in [4.78, 5) is 33.7. The van der Waals surface area contributed by atoms with E-state index < -0.39 is 0 Å². The van der Waals surface area contributed by atoms with Crippen molar-refractivity contribution in [2.24, 2.45) is 17.8 Å². The highest BCUT2D eigenvalue weighted by atomic mass is 16.5. The third-order valence-corrected chi connectivity index (χ3v) is 6.83. The zero-order valence-corrected chi connectivity index (χ0v) is 21.8. The number of hydrogen-bond acceptors (Lipinski definition) is 5. The van der Waals surface area contributed by atoms with Crippen molar-refractivity contribution in [3.05, 3.63) is 86.0 Å². The van der Waals surface area contributed by atoms with Crippen LogP contribution in [0.15, 0.2) is 63.0 Å². The van der Waals surface area contributed by atoms with Crippen molar-refractivity contribution in [3.63, 3.8) is 0 Å². The van der Waals surface area contributed by atoms with Crippen LogP contribution in [0.5, 0.6) is 11.5 Å². The number of benzene rings is 1. The number of aryl methyl sites for hydroxylation is 3. The Labute approximate surface area is 214 Å². The zero-order valence-electron chi connectivity index (χ0n) is 21.8. The number of rotatable bonds is 6. The van der Waals surface area contributed by atoms with E-state index in [0.29, 0.717) is 44.7 Å². The molecule has 8 heteroatoms. The normalized spacial score (nSPS) is 14.4. The average Bonchev–Trinajstić information content (AvgIpc) is 3.60. The van der Waals surface area contributed by atoms with Crippen molar-refractivity contribution in [1.82, 2.24) is 14.1 Å². The number of aromatic amines is 1. The predicted molar refractivity (Wildman–Crippen MR) is 149 cm³/mol. The summed E-state index contributed by atoms with van der Waals surface area (Å²) < 4.78 is 9.81. The van der Waals surface area contributed by atoms with Crippen LogP contribution in [0.3, 0.4) is 0 Å². The van der Waals surface area contributed by atoms with Gasteiger partial charge in [-0.15, -0.1) is 0 Å². The van der Waals surface area contributed by atoms with Crippen molar-refractivity contribution < 1.29 is 4.74 Å². The van der Waals surface area contributed by atoms with Gasteiger partial charge in [-0.1, -0.05) is 18.2 Å². The Balaban J connectivity index is 1.79. The van der Waals surface area contributed by atoms with Gasteiger partial charge >= 0.3 is 0 Å². The predicted octanol–water partition coefficient (Wildman–Crippen LogP) is 4.83. The Morgan fingerprint density at radius 1 is 1.14 bits per heavy atom. The Kier molecular flexibility index (Phi) is 6.11. The lowest BCUT2D eigenvalue weighted by Crippen LogP contribution is -2.19. The minimum absolute atomic E-state index is 0.0966. The van der Waals surface area contributed by atoms with Crippen molar-refractivity contribution in [3.8, 4) is 22.6 Å². The van der Waals surface area contributed by atoms with Crippen molar-refractivity contribution in [2.45, 2.75) is 39.7 Å². The maximum atomic E-state index is 13.2. The number of nitrogens with zero attached hydrogens (tertiary/aromatic N) is 3. The van der Waals surface area contributed by atoms with Crippen LogP contribution in [-0.2, 0) is 7.05 Å². The molecular weight excluding hydrogens is 466 g/mol. The molecule has 37 heavy (non-hydrogen) atoms. The summed E-state index contributed by atoms with van der Waals surface area (Å²) in [6.45, 7) is 5.79. The molecule has 1 fully saturated rings. The second kappa shape index (κ2) is 9.28. The first-order chi connectivity index (χ1) is 17.7. The van der Waals surface area contributed by atoms with E-state index in [9.17, 15) is 9.59 Å². The molecule has 1 aromatic carbocycles. The molecule has 0 amide bonds. The monoisotopic (exact) mass is 497 g/mol. The van der Waals surface area contributed by atoms with Crippen LogP contribution in [0.1, 0.15) is 42.6 Å². The molecule has 3 heterocycles. The van der Waals surface area contributed by atoms with E-state index in [1.54, 1.807) is 44.1 Å². The maximum Gasteiger partial charge on any atom is 0.274 e. The number of allylic oxidation sites excluding steroid dienone is 2. The van der Waals surface area contributed by atoms with Gasteiger partial charge in [-0.05, 0) is 50.8 Å². The number of fused-ring (bicyclic) bond motifs is 1. The summed E-state index contributed by atoms with van der Waals surface area (Å²) in [6, 6.07) is 9.68. The quantitative estimate of drug-likeness (QED) is 0.372. The average molecular weight is 498 g/mol. The van der Waals surface area contributed by atoms with Crippen LogP contribution < -0.4 is 21.6 Å². The van der Waals surface area contributed by atoms with E-state index in [4.69, 9.17) is 10.5 Å². The number of nitrogens with one attached hydrogen (secondary N) is 1. The summed E-state index contributed by atoms with van der Waals surface area (Å²) in [6.07, 6.45) is 7.17. The molecule has 8 nitrogen and oxygen atoms in total. The molecular formula is C29H31N5O3. The lowest BCUT2D eigenvalue weighted by atomic mass is 10.0. The first-order valence-electron chi connectivity index (χ1n) is 12.3. The summed E-state index contributed by atoms with van der Waals surface area (Å²) in [5.74, 6) is 1.32. The molecule has 3 N–H and O–H groups in total. The van der Waals surface area contributed by atoms with Crippen molar-refractivity contribution >= 4 is 22.7 Å². The fraction of sp³-hybridized carbons (Fsp3) is 0.276. The lowest BCUT2D eigenvalue weighted by Gasteiger charge is -2.17. The molecule has 0 aliphatic heterocycles. The minimum Gasteiger partial charge on any atom is -0.455 e. The Bertz CT molecular complexity index is 1690. The first kappa shape index (κ1) is 24.4. The number of nitrogens with two attached hydrogens (primary N) is 1. The van der Waals surface area contributed by atoms with E-state index in [1.165, 1.54) is 4.57 Å². The van der Waals surface area contributed by atoms with Crippen molar-refractivity contribution in [2.75, 3.05) is 7.05 Å². The number of hydrogen-bond donors (Lipinski definition) is 2. The van der Waals surface area contributed by atoms with Gasteiger partial charge in [-0.3, -0.25) is 14.6 Å². The van der Waals surface area contributed by atoms with Crippen LogP contribution in [0.4, 0.5) is 0 Å². The molecule has 190 valence electrons. The molecule has 4 aromatic rings. The highest BCUT2D eigenvalue weighted by molar-refractivity contribution is 6.12. The van der Waals surface area contributed by atoms with E-state index in [0.717, 1.165) is 29.7 Å². The highest BCUT2D eigenvalue weighted by Crippen LogP contribution is 2.41. The molecule has 0 bridgehead atoms.